The lowest BCUT2D eigenvalue weighted by molar-refractivity contribution is 0.333. The van der Waals surface area contributed by atoms with Gasteiger partial charge in [0.25, 0.3) is 5.56 Å². The smallest absolute Gasteiger partial charge is 0.266 e. The molecule has 0 amide bonds. The van der Waals surface area contributed by atoms with Gasteiger partial charge in [-0.1, -0.05) is 0 Å². The van der Waals surface area contributed by atoms with Crippen LogP contribution < -0.4 is 10.5 Å². The molecule has 0 bridgehead atoms. The first-order valence-electron chi connectivity index (χ1n) is 8.81. The molecule has 1 aliphatic rings. The number of anilines is 1. The normalized spacial score (nSPS) is 15.3. The molecule has 0 unspecified atom stereocenters. The lowest BCUT2D eigenvalue weighted by atomic mass is 9.97. The first-order valence-corrected chi connectivity index (χ1v) is 8.81. The van der Waals surface area contributed by atoms with Gasteiger partial charge in [0, 0.05) is 49.9 Å². The number of aryl methyl sites for hydroxylation is 1. The minimum Gasteiger partial charge on any atom is -0.356 e. The third-order valence-electron chi connectivity index (χ3n) is 4.75. The maximum atomic E-state index is 12.2. The van der Waals surface area contributed by atoms with Crippen LogP contribution in [0.2, 0.25) is 0 Å². The lowest BCUT2D eigenvalue weighted by Crippen LogP contribution is -2.37. The van der Waals surface area contributed by atoms with Crippen LogP contribution in [0.1, 0.15) is 18.5 Å². The van der Waals surface area contributed by atoms with E-state index in [1.54, 1.807) is 34.0 Å². The molecule has 0 saturated carbocycles. The van der Waals surface area contributed by atoms with Crippen molar-refractivity contribution >= 4 is 5.82 Å². The Morgan fingerprint density at radius 2 is 2.00 bits per heavy atom. The highest BCUT2D eigenvalue weighted by atomic mass is 16.1. The standard InChI is InChI=1S/C18H21N7O/c1-14-11-17(20-13-19-14)23-9-5-15(6-10-23)12-25-18(26)4-3-16(22-25)24-8-2-7-21-24/h2-4,7-8,11,13,15H,5-6,9-10,12H2,1H3. The molecule has 26 heavy (non-hydrogen) atoms. The quantitative estimate of drug-likeness (QED) is 0.707. The van der Waals surface area contributed by atoms with E-state index in [-0.39, 0.29) is 5.56 Å². The predicted octanol–water partition coefficient (Wildman–Crippen LogP) is 1.44. The number of nitrogens with zero attached hydrogens (tertiary/aromatic N) is 7. The number of hydrogen-bond acceptors (Lipinski definition) is 6. The molecule has 1 fully saturated rings. The van der Waals surface area contributed by atoms with Gasteiger partial charge in [0.05, 0.1) is 0 Å². The molecular weight excluding hydrogens is 330 g/mol. The van der Waals surface area contributed by atoms with Gasteiger partial charge in [-0.25, -0.2) is 19.3 Å². The monoisotopic (exact) mass is 351 g/mol. The lowest BCUT2D eigenvalue weighted by Gasteiger charge is -2.32. The number of aromatic nitrogens is 6. The Balaban J connectivity index is 1.43. The molecular formula is C18H21N7O. The highest BCUT2D eigenvalue weighted by Gasteiger charge is 2.21. The first-order chi connectivity index (χ1) is 12.7. The van der Waals surface area contributed by atoms with Crippen molar-refractivity contribution in [2.75, 3.05) is 18.0 Å². The van der Waals surface area contributed by atoms with Crippen molar-refractivity contribution in [3.63, 3.8) is 0 Å². The molecule has 134 valence electrons. The zero-order chi connectivity index (χ0) is 17.9. The van der Waals surface area contributed by atoms with Crippen LogP contribution >= 0.6 is 0 Å². The van der Waals surface area contributed by atoms with Gasteiger partial charge < -0.3 is 4.90 Å². The molecule has 3 aromatic rings. The molecule has 1 aliphatic heterocycles. The van der Waals surface area contributed by atoms with E-state index in [0.717, 1.165) is 37.4 Å². The second-order valence-corrected chi connectivity index (χ2v) is 6.61. The fourth-order valence-electron chi connectivity index (χ4n) is 3.30. The van der Waals surface area contributed by atoms with Gasteiger partial charge in [-0.2, -0.15) is 5.10 Å². The second kappa shape index (κ2) is 7.07. The summed E-state index contributed by atoms with van der Waals surface area (Å²) in [6.45, 7) is 4.45. The zero-order valence-corrected chi connectivity index (χ0v) is 14.7. The van der Waals surface area contributed by atoms with Crippen molar-refractivity contribution in [1.29, 1.82) is 0 Å². The highest BCUT2D eigenvalue weighted by Crippen LogP contribution is 2.22. The fourth-order valence-corrected chi connectivity index (χ4v) is 3.30. The average Bonchev–Trinajstić information content (AvgIpc) is 3.19. The highest BCUT2D eigenvalue weighted by molar-refractivity contribution is 5.38. The van der Waals surface area contributed by atoms with Crippen LogP contribution in [0, 0.1) is 12.8 Å². The molecule has 0 spiro atoms. The molecule has 0 radical (unpaired) electrons. The van der Waals surface area contributed by atoms with Crippen LogP contribution in [0.4, 0.5) is 5.82 Å². The van der Waals surface area contributed by atoms with Crippen LogP contribution in [0.15, 0.2) is 47.8 Å². The molecule has 0 atom stereocenters. The maximum absolute atomic E-state index is 12.2. The van der Waals surface area contributed by atoms with Gasteiger partial charge in [-0.3, -0.25) is 4.79 Å². The third kappa shape index (κ3) is 3.49. The van der Waals surface area contributed by atoms with Crippen LogP contribution in [-0.2, 0) is 6.54 Å². The van der Waals surface area contributed by atoms with Gasteiger partial charge in [0.15, 0.2) is 5.82 Å². The Hall–Kier alpha value is -3.03. The largest absolute Gasteiger partial charge is 0.356 e. The summed E-state index contributed by atoms with van der Waals surface area (Å²) in [6.07, 6.45) is 7.13. The zero-order valence-electron chi connectivity index (χ0n) is 14.7. The van der Waals surface area contributed by atoms with Gasteiger partial charge in [-0.15, -0.1) is 5.10 Å². The van der Waals surface area contributed by atoms with E-state index in [9.17, 15) is 4.79 Å². The van der Waals surface area contributed by atoms with Crippen LogP contribution in [0.3, 0.4) is 0 Å². The Labute approximate surface area is 151 Å². The van der Waals surface area contributed by atoms with Crippen LogP contribution in [-0.4, -0.2) is 42.6 Å². The first kappa shape index (κ1) is 16.4. The van der Waals surface area contributed by atoms with Crippen molar-refractivity contribution in [2.24, 2.45) is 5.92 Å². The van der Waals surface area contributed by atoms with Crippen molar-refractivity contribution in [1.82, 2.24) is 29.5 Å². The molecule has 0 aliphatic carbocycles. The predicted molar refractivity (Wildman–Crippen MR) is 97.3 cm³/mol. The minimum absolute atomic E-state index is 0.0743. The number of piperidine rings is 1. The van der Waals surface area contributed by atoms with E-state index in [1.165, 1.54) is 0 Å². The van der Waals surface area contributed by atoms with Gasteiger partial charge in [0.2, 0.25) is 0 Å². The van der Waals surface area contributed by atoms with Crippen LogP contribution in [0.25, 0.3) is 5.82 Å². The second-order valence-electron chi connectivity index (χ2n) is 6.61. The van der Waals surface area contributed by atoms with Gasteiger partial charge >= 0.3 is 0 Å². The summed E-state index contributed by atoms with van der Waals surface area (Å²) in [5, 5.41) is 8.64. The Morgan fingerprint density at radius 1 is 1.15 bits per heavy atom. The Morgan fingerprint density at radius 3 is 2.73 bits per heavy atom. The van der Waals surface area contributed by atoms with E-state index >= 15 is 0 Å². The fraction of sp³-hybridized carbons (Fsp3) is 0.389. The molecule has 1 saturated heterocycles. The summed E-state index contributed by atoms with van der Waals surface area (Å²) in [5.41, 5.74) is 0.901. The summed E-state index contributed by atoms with van der Waals surface area (Å²) in [5.74, 6) is 2.06. The summed E-state index contributed by atoms with van der Waals surface area (Å²) in [7, 11) is 0. The minimum atomic E-state index is -0.0743. The Bertz CT molecular complexity index is 927. The van der Waals surface area contributed by atoms with Crippen molar-refractivity contribution in [3.8, 4) is 5.82 Å². The number of hydrogen-bond donors (Lipinski definition) is 0. The van der Waals surface area contributed by atoms with Crippen molar-refractivity contribution in [2.45, 2.75) is 26.3 Å². The topological polar surface area (TPSA) is 81.7 Å². The van der Waals surface area contributed by atoms with E-state index in [0.29, 0.717) is 18.3 Å². The van der Waals surface area contributed by atoms with Gasteiger partial charge in [-0.05, 0) is 37.8 Å². The van der Waals surface area contributed by atoms with E-state index in [4.69, 9.17) is 0 Å². The van der Waals surface area contributed by atoms with E-state index in [2.05, 4.69) is 25.1 Å². The molecule has 0 N–H and O–H groups in total. The SMILES string of the molecule is Cc1cc(N2CCC(Cn3nc(-n4cccn4)ccc3=O)CC2)ncn1. The average molecular weight is 351 g/mol. The molecule has 4 rings (SSSR count). The Kier molecular flexibility index (Phi) is 4.47. The molecule has 3 aromatic heterocycles. The summed E-state index contributed by atoms with van der Waals surface area (Å²) in [6, 6.07) is 7.11. The number of rotatable bonds is 4. The summed E-state index contributed by atoms with van der Waals surface area (Å²) < 4.78 is 3.22. The van der Waals surface area contributed by atoms with Crippen LogP contribution in [0.5, 0.6) is 0 Å². The van der Waals surface area contributed by atoms with Crippen molar-refractivity contribution in [3.05, 3.63) is 59.0 Å². The molecule has 4 heterocycles. The van der Waals surface area contributed by atoms with Gasteiger partial charge in [0.1, 0.15) is 12.1 Å². The molecule has 0 aromatic carbocycles. The van der Waals surface area contributed by atoms with Crippen molar-refractivity contribution < 1.29 is 0 Å². The summed E-state index contributed by atoms with van der Waals surface area (Å²) in [4.78, 5) is 23.0. The molecule has 8 heteroatoms. The molecule has 8 nitrogen and oxygen atoms in total. The maximum Gasteiger partial charge on any atom is 0.266 e. The third-order valence-corrected chi connectivity index (χ3v) is 4.75. The van der Waals surface area contributed by atoms with E-state index < -0.39 is 0 Å². The summed E-state index contributed by atoms with van der Waals surface area (Å²) >= 11 is 0. The van der Waals surface area contributed by atoms with E-state index in [1.807, 2.05) is 25.3 Å².